The van der Waals surface area contributed by atoms with Crippen LogP contribution in [0.1, 0.15) is 31.4 Å². The molecule has 1 aromatic carbocycles. The molecule has 0 radical (unpaired) electrons. The predicted octanol–water partition coefficient (Wildman–Crippen LogP) is 2.63. The first kappa shape index (κ1) is 14.6. The SMILES string of the molecule is C=CC[C@]1(C)C(=O)O[C@@H](c2ccc(OC)cc2)C[C@H]1O. The Hall–Kier alpha value is -1.81. The fourth-order valence-electron chi connectivity index (χ4n) is 2.45. The van der Waals surface area contributed by atoms with Gasteiger partial charge in [-0.25, -0.2) is 0 Å². The quantitative estimate of drug-likeness (QED) is 0.678. The number of aliphatic hydroxyl groups is 1. The molecular formula is C16H20O4. The lowest BCUT2D eigenvalue weighted by Crippen LogP contribution is -2.46. The van der Waals surface area contributed by atoms with Crippen LogP contribution in [0.4, 0.5) is 0 Å². The molecule has 20 heavy (non-hydrogen) atoms. The number of cyclic esters (lactones) is 1. The number of methoxy groups -OCH3 is 1. The highest BCUT2D eigenvalue weighted by atomic mass is 16.5. The van der Waals surface area contributed by atoms with Crippen LogP contribution in [0.3, 0.4) is 0 Å². The molecule has 0 unspecified atom stereocenters. The van der Waals surface area contributed by atoms with Gasteiger partial charge < -0.3 is 14.6 Å². The first-order chi connectivity index (χ1) is 9.51. The molecule has 0 aliphatic carbocycles. The number of allylic oxidation sites excluding steroid dienone is 1. The summed E-state index contributed by atoms with van der Waals surface area (Å²) in [6.07, 6.45) is 1.28. The van der Waals surface area contributed by atoms with Crippen LogP contribution < -0.4 is 4.74 Å². The van der Waals surface area contributed by atoms with E-state index in [4.69, 9.17) is 9.47 Å². The summed E-state index contributed by atoms with van der Waals surface area (Å²) >= 11 is 0. The Morgan fingerprint density at radius 1 is 1.50 bits per heavy atom. The first-order valence-corrected chi connectivity index (χ1v) is 6.65. The third kappa shape index (κ3) is 2.56. The Morgan fingerprint density at radius 3 is 2.65 bits per heavy atom. The standard InChI is InChI=1S/C16H20O4/c1-4-9-16(2)14(17)10-13(20-15(16)18)11-5-7-12(19-3)8-6-11/h4-8,13-14,17H,1,9-10H2,2-3H3/t13-,14-,16+/m1/s1. The molecule has 1 fully saturated rings. The molecule has 0 aromatic heterocycles. The molecule has 3 atom stereocenters. The number of hydrogen-bond acceptors (Lipinski definition) is 4. The molecule has 108 valence electrons. The lowest BCUT2D eigenvalue weighted by molar-refractivity contribution is -0.183. The van der Waals surface area contributed by atoms with Crippen LogP contribution in [0, 0.1) is 5.41 Å². The molecule has 0 bridgehead atoms. The summed E-state index contributed by atoms with van der Waals surface area (Å²) in [7, 11) is 1.60. The summed E-state index contributed by atoms with van der Waals surface area (Å²) < 4.78 is 10.6. The number of benzene rings is 1. The molecule has 1 aliphatic heterocycles. The number of carbonyl (C=O) groups is 1. The van der Waals surface area contributed by atoms with Gasteiger partial charge in [0.05, 0.1) is 18.6 Å². The van der Waals surface area contributed by atoms with Crippen molar-refractivity contribution < 1.29 is 19.4 Å². The maximum absolute atomic E-state index is 12.2. The number of carbonyl (C=O) groups excluding carboxylic acids is 1. The highest BCUT2D eigenvalue weighted by Crippen LogP contribution is 2.41. The Balaban J connectivity index is 2.17. The first-order valence-electron chi connectivity index (χ1n) is 6.65. The summed E-state index contributed by atoms with van der Waals surface area (Å²) in [4.78, 5) is 12.2. The molecule has 1 N–H and O–H groups in total. The smallest absolute Gasteiger partial charge is 0.315 e. The fraction of sp³-hybridized carbons (Fsp3) is 0.438. The topological polar surface area (TPSA) is 55.8 Å². The second-order valence-corrected chi connectivity index (χ2v) is 5.33. The molecule has 4 nitrogen and oxygen atoms in total. The molecule has 0 spiro atoms. The molecule has 2 rings (SSSR count). The normalized spacial score (nSPS) is 29.6. The van der Waals surface area contributed by atoms with Crippen LogP contribution in [-0.2, 0) is 9.53 Å². The Kier molecular flexibility index (Phi) is 4.14. The van der Waals surface area contributed by atoms with Gasteiger partial charge in [-0.2, -0.15) is 0 Å². The number of aliphatic hydroxyl groups excluding tert-OH is 1. The zero-order chi connectivity index (χ0) is 14.8. The minimum atomic E-state index is -0.898. The van der Waals surface area contributed by atoms with Crippen molar-refractivity contribution in [3.63, 3.8) is 0 Å². The van der Waals surface area contributed by atoms with Crippen molar-refractivity contribution in [2.24, 2.45) is 5.41 Å². The minimum absolute atomic E-state index is 0.378. The second kappa shape index (κ2) is 5.67. The highest BCUT2D eigenvalue weighted by Gasteiger charge is 2.47. The van der Waals surface area contributed by atoms with E-state index in [1.165, 1.54) is 0 Å². The molecule has 1 saturated heterocycles. The van der Waals surface area contributed by atoms with Gasteiger partial charge >= 0.3 is 5.97 Å². The molecule has 1 aromatic rings. The molecular weight excluding hydrogens is 256 g/mol. The number of hydrogen-bond donors (Lipinski definition) is 1. The average Bonchev–Trinajstić information content (AvgIpc) is 2.45. The summed E-state index contributed by atoms with van der Waals surface area (Å²) in [5.74, 6) is 0.366. The maximum atomic E-state index is 12.2. The number of rotatable bonds is 4. The lowest BCUT2D eigenvalue weighted by Gasteiger charge is -2.39. The van der Waals surface area contributed by atoms with E-state index in [2.05, 4.69) is 6.58 Å². The zero-order valence-electron chi connectivity index (χ0n) is 11.8. The van der Waals surface area contributed by atoms with Gasteiger partial charge in [-0.15, -0.1) is 6.58 Å². The van der Waals surface area contributed by atoms with Gasteiger partial charge in [0, 0.05) is 6.42 Å². The molecule has 1 heterocycles. The Bertz CT molecular complexity index is 494. The van der Waals surface area contributed by atoms with Gasteiger partial charge in [-0.05, 0) is 31.0 Å². The van der Waals surface area contributed by atoms with Gasteiger partial charge in [0.2, 0.25) is 0 Å². The third-order valence-electron chi connectivity index (χ3n) is 3.94. The average molecular weight is 276 g/mol. The second-order valence-electron chi connectivity index (χ2n) is 5.33. The molecule has 4 heteroatoms. The fourth-order valence-corrected chi connectivity index (χ4v) is 2.45. The Labute approximate surface area is 119 Å². The van der Waals surface area contributed by atoms with E-state index in [9.17, 15) is 9.90 Å². The summed E-state index contributed by atoms with van der Waals surface area (Å²) in [5.41, 5.74) is -0.0380. The van der Waals surface area contributed by atoms with E-state index in [1.54, 1.807) is 20.1 Å². The van der Waals surface area contributed by atoms with E-state index in [-0.39, 0.29) is 5.97 Å². The largest absolute Gasteiger partial charge is 0.497 e. The lowest BCUT2D eigenvalue weighted by atomic mass is 9.76. The van der Waals surface area contributed by atoms with Gasteiger partial charge in [0.15, 0.2) is 0 Å². The summed E-state index contributed by atoms with van der Waals surface area (Å²) in [5, 5.41) is 10.3. The van der Waals surface area contributed by atoms with Crippen molar-refractivity contribution in [1.82, 2.24) is 0 Å². The van der Waals surface area contributed by atoms with E-state index in [0.717, 1.165) is 11.3 Å². The summed E-state index contributed by atoms with van der Waals surface area (Å²) in [6, 6.07) is 7.32. The zero-order valence-corrected chi connectivity index (χ0v) is 11.8. The van der Waals surface area contributed by atoms with Crippen LogP contribution >= 0.6 is 0 Å². The molecule has 1 aliphatic rings. The van der Waals surface area contributed by atoms with Crippen LogP contribution in [0.5, 0.6) is 5.75 Å². The van der Waals surface area contributed by atoms with E-state index in [1.807, 2.05) is 24.3 Å². The molecule has 0 amide bonds. The number of esters is 1. The number of ether oxygens (including phenoxy) is 2. The van der Waals surface area contributed by atoms with Crippen molar-refractivity contribution in [2.45, 2.75) is 32.0 Å². The van der Waals surface area contributed by atoms with Crippen LogP contribution in [0.2, 0.25) is 0 Å². The van der Waals surface area contributed by atoms with Crippen molar-refractivity contribution >= 4 is 5.97 Å². The van der Waals surface area contributed by atoms with Gasteiger partial charge in [0.25, 0.3) is 0 Å². The Morgan fingerprint density at radius 2 is 2.15 bits per heavy atom. The van der Waals surface area contributed by atoms with Crippen molar-refractivity contribution in [3.8, 4) is 5.75 Å². The van der Waals surface area contributed by atoms with E-state index < -0.39 is 17.6 Å². The minimum Gasteiger partial charge on any atom is -0.497 e. The molecule has 0 saturated carbocycles. The highest BCUT2D eigenvalue weighted by molar-refractivity contribution is 5.78. The van der Waals surface area contributed by atoms with E-state index in [0.29, 0.717) is 12.8 Å². The van der Waals surface area contributed by atoms with Gasteiger partial charge in [-0.3, -0.25) is 4.79 Å². The van der Waals surface area contributed by atoms with Crippen LogP contribution in [-0.4, -0.2) is 24.3 Å². The van der Waals surface area contributed by atoms with Gasteiger partial charge in [-0.1, -0.05) is 18.2 Å². The third-order valence-corrected chi connectivity index (χ3v) is 3.94. The van der Waals surface area contributed by atoms with E-state index >= 15 is 0 Å². The summed E-state index contributed by atoms with van der Waals surface area (Å²) in [6.45, 7) is 5.35. The van der Waals surface area contributed by atoms with Crippen molar-refractivity contribution in [1.29, 1.82) is 0 Å². The maximum Gasteiger partial charge on any atom is 0.315 e. The predicted molar refractivity (Wildman–Crippen MR) is 75.4 cm³/mol. The van der Waals surface area contributed by atoms with Crippen LogP contribution in [0.25, 0.3) is 0 Å². The van der Waals surface area contributed by atoms with Crippen molar-refractivity contribution in [2.75, 3.05) is 7.11 Å². The monoisotopic (exact) mass is 276 g/mol. The van der Waals surface area contributed by atoms with Crippen molar-refractivity contribution in [3.05, 3.63) is 42.5 Å². The van der Waals surface area contributed by atoms with Gasteiger partial charge in [0.1, 0.15) is 11.9 Å². The van der Waals surface area contributed by atoms with Crippen LogP contribution in [0.15, 0.2) is 36.9 Å².